The Kier molecular flexibility index (Phi) is 8.26. The van der Waals surface area contributed by atoms with Crippen molar-refractivity contribution in [3.05, 3.63) is 29.8 Å². The molecule has 0 fully saturated rings. The van der Waals surface area contributed by atoms with Gasteiger partial charge in [0.15, 0.2) is 0 Å². The summed E-state index contributed by atoms with van der Waals surface area (Å²) in [5.74, 6) is -1.35. The van der Waals surface area contributed by atoms with Crippen molar-refractivity contribution in [3.63, 3.8) is 0 Å². The topological polar surface area (TPSA) is 110 Å². The average molecular weight is 419 g/mol. The third-order valence-corrected chi connectivity index (χ3v) is 4.94. The third kappa shape index (κ3) is 6.94. The fraction of sp³-hybridized carbons (Fsp3) is 0.450. The average Bonchev–Trinajstić information content (AvgIpc) is 3.13. The Morgan fingerprint density at radius 3 is 2.59 bits per heavy atom. The monoisotopic (exact) mass is 418 g/mol. The third-order valence-electron chi connectivity index (χ3n) is 4.05. The number of aromatic nitrogens is 2. The van der Waals surface area contributed by atoms with E-state index in [0.29, 0.717) is 10.1 Å². The van der Waals surface area contributed by atoms with Crippen molar-refractivity contribution < 1.29 is 19.1 Å². The fourth-order valence-electron chi connectivity index (χ4n) is 2.58. The number of aryl methyl sites for hydroxylation is 1. The summed E-state index contributed by atoms with van der Waals surface area (Å²) in [7, 11) is 0. The molecule has 0 saturated carbocycles. The van der Waals surface area contributed by atoms with Crippen molar-refractivity contribution in [1.82, 2.24) is 15.5 Å². The number of anilines is 1. The van der Waals surface area contributed by atoms with Gasteiger partial charge in [0, 0.05) is 12.0 Å². The number of amides is 2. The molecule has 0 aliphatic heterocycles. The van der Waals surface area contributed by atoms with Gasteiger partial charge in [0.05, 0.1) is 13.0 Å². The minimum absolute atomic E-state index is 0.0254. The molecule has 1 aromatic heterocycles. The van der Waals surface area contributed by atoms with Crippen LogP contribution in [0, 0.1) is 12.8 Å². The summed E-state index contributed by atoms with van der Waals surface area (Å²) in [6, 6.07) is 7.10. The molecule has 2 N–H and O–H groups in total. The summed E-state index contributed by atoms with van der Waals surface area (Å²) in [6.07, 6.45) is -0.0615. The van der Waals surface area contributed by atoms with E-state index in [2.05, 4.69) is 20.8 Å². The van der Waals surface area contributed by atoms with Crippen LogP contribution in [0.4, 0.5) is 5.13 Å². The van der Waals surface area contributed by atoms with Crippen molar-refractivity contribution in [1.29, 1.82) is 0 Å². The molecule has 0 spiro atoms. The highest BCUT2D eigenvalue weighted by molar-refractivity contribution is 7.18. The number of carbonyl (C=O) groups excluding carboxylic acids is 3. The van der Waals surface area contributed by atoms with Gasteiger partial charge >= 0.3 is 5.97 Å². The van der Waals surface area contributed by atoms with Crippen LogP contribution < -0.4 is 10.6 Å². The summed E-state index contributed by atoms with van der Waals surface area (Å²) < 4.78 is 4.81. The molecule has 2 aromatic rings. The van der Waals surface area contributed by atoms with Gasteiger partial charge in [-0.25, -0.2) is 0 Å². The smallest absolute Gasteiger partial charge is 0.306 e. The van der Waals surface area contributed by atoms with E-state index in [-0.39, 0.29) is 37.2 Å². The standard InChI is InChI=1S/C20H26N4O4S/c1-5-28-16(26)10-9-15(25)21-17(12(2)3)18(27)22-20-24-23-19(29-20)14-8-6-7-13(4)11-14/h6-8,11-12,17H,5,9-10H2,1-4H3,(H,21,25)(H,22,24,27)/t17-/m0/s1. The Morgan fingerprint density at radius 2 is 1.93 bits per heavy atom. The van der Waals surface area contributed by atoms with Gasteiger partial charge in [-0.15, -0.1) is 10.2 Å². The molecule has 1 heterocycles. The molecule has 0 aliphatic rings. The Bertz CT molecular complexity index is 866. The first-order valence-corrected chi connectivity index (χ1v) is 10.3. The lowest BCUT2D eigenvalue weighted by Crippen LogP contribution is -2.47. The maximum absolute atomic E-state index is 12.7. The Hall–Kier alpha value is -2.81. The van der Waals surface area contributed by atoms with E-state index in [9.17, 15) is 14.4 Å². The van der Waals surface area contributed by atoms with Gasteiger partial charge in [0.2, 0.25) is 16.9 Å². The van der Waals surface area contributed by atoms with Crippen LogP contribution in [0.25, 0.3) is 10.6 Å². The first-order chi connectivity index (χ1) is 13.8. The summed E-state index contributed by atoms with van der Waals surface area (Å²) >= 11 is 1.26. The van der Waals surface area contributed by atoms with Crippen molar-refractivity contribution in [2.75, 3.05) is 11.9 Å². The number of hydrogen-bond acceptors (Lipinski definition) is 7. The first kappa shape index (κ1) is 22.5. The van der Waals surface area contributed by atoms with E-state index in [0.717, 1.165) is 11.1 Å². The normalized spacial score (nSPS) is 11.8. The summed E-state index contributed by atoms with van der Waals surface area (Å²) in [4.78, 5) is 36.2. The number of benzene rings is 1. The lowest BCUT2D eigenvalue weighted by molar-refractivity contribution is -0.144. The molecule has 1 atom stereocenters. The summed E-state index contributed by atoms with van der Waals surface area (Å²) in [6.45, 7) is 7.62. The van der Waals surface area contributed by atoms with Crippen LogP contribution in [-0.2, 0) is 19.1 Å². The highest BCUT2D eigenvalue weighted by Crippen LogP contribution is 2.27. The zero-order valence-electron chi connectivity index (χ0n) is 17.0. The fourth-order valence-corrected chi connectivity index (χ4v) is 3.32. The largest absolute Gasteiger partial charge is 0.466 e. The predicted octanol–water partition coefficient (Wildman–Crippen LogP) is 2.94. The van der Waals surface area contributed by atoms with Crippen molar-refractivity contribution in [2.45, 2.75) is 46.6 Å². The van der Waals surface area contributed by atoms with E-state index in [4.69, 9.17) is 4.74 Å². The zero-order valence-corrected chi connectivity index (χ0v) is 17.8. The summed E-state index contributed by atoms with van der Waals surface area (Å²) in [5, 5.41) is 14.6. The van der Waals surface area contributed by atoms with Crippen LogP contribution in [0.5, 0.6) is 0 Å². The van der Waals surface area contributed by atoms with E-state index in [1.807, 2.05) is 45.0 Å². The Labute approximate surface area is 174 Å². The molecule has 2 rings (SSSR count). The molecule has 0 aliphatic carbocycles. The first-order valence-electron chi connectivity index (χ1n) is 9.46. The maximum Gasteiger partial charge on any atom is 0.306 e. The van der Waals surface area contributed by atoms with Crippen molar-refractivity contribution >= 4 is 34.3 Å². The Morgan fingerprint density at radius 1 is 1.17 bits per heavy atom. The van der Waals surface area contributed by atoms with E-state index < -0.39 is 12.0 Å². The Balaban J connectivity index is 1.97. The molecule has 2 amide bonds. The molecular weight excluding hydrogens is 392 g/mol. The molecule has 29 heavy (non-hydrogen) atoms. The molecule has 0 saturated heterocycles. The highest BCUT2D eigenvalue weighted by atomic mass is 32.1. The van der Waals surface area contributed by atoms with Crippen LogP contribution in [0.1, 0.15) is 39.2 Å². The minimum Gasteiger partial charge on any atom is -0.466 e. The second-order valence-electron chi connectivity index (χ2n) is 6.87. The molecule has 156 valence electrons. The molecule has 0 bridgehead atoms. The van der Waals surface area contributed by atoms with Crippen LogP contribution in [-0.4, -0.2) is 40.6 Å². The van der Waals surface area contributed by atoms with Gasteiger partial charge < -0.3 is 10.1 Å². The number of rotatable bonds is 9. The molecular formula is C20H26N4O4S. The maximum atomic E-state index is 12.7. The number of esters is 1. The van der Waals surface area contributed by atoms with E-state index >= 15 is 0 Å². The number of carbonyl (C=O) groups is 3. The van der Waals surface area contributed by atoms with Gasteiger partial charge in [-0.1, -0.05) is 48.9 Å². The second kappa shape index (κ2) is 10.7. The van der Waals surface area contributed by atoms with Crippen molar-refractivity contribution in [3.8, 4) is 10.6 Å². The van der Waals surface area contributed by atoms with Gasteiger partial charge in [-0.2, -0.15) is 0 Å². The van der Waals surface area contributed by atoms with E-state index in [1.165, 1.54) is 11.3 Å². The second-order valence-corrected chi connectivity index (χ2v) is 7.84. The molecule has 0 radical (unpaired) electrons. The summed E-state index contributed by atoms with van der Waals surface area (Å²) in [5.41, 5.74) is 2.03. The van der Waals surface area contributed by atoms with Gasteiger partial charge in [-0.3, -0.25) is 19.7 Å². The predicted molar refractivity (Wildman–Crippen MR) is 111 cm³/mol. The van der Waals surface area contributed by atoms with Gasteiger partial charge in [0.25, 0.3) is 0 Å². The van der Waals surface area contributed by atoms with Crippen LogP contribution in [0.3, 0.4) is 0 Å². The molecule has 1 aromatic carbocycles. The number of nitrogens with zero attached hydrogens (tertiary/aromatic N) is 2. The highest BCUT2D eigenvalue weighted by Gasteiger charge is 2.25. The van der Waals surface area contributed by atoms with Gasteiger partial charge in [-0.05, 0) is 25.8 Å². The number of ether oxygens (including phenoxy) is 1. The van der Waals surface area contributed by atoms with Crippen LogP contribution in [0.2, 0.25) is 0 Å². The molecule has 9 heteroatoms. The number of hydrogen-bond donors (Lipinski definition) is 2. The van der Waals surface area contributed by atoms with Crippen LogP contribution in [0.15, 0.2) is 24.3 Å². The minimum atomic E-state index is -0.754. The van der Waals surface area contributed by atoms with Crippen molar-refractivity contribution in [2.24, 2.45) is 5.92 Å². The SMILES string of the molecule is CCOC(=O)CCC(=O)N[C@H](C(=O)Nc1nnc(-c2cccc(C)c2)s1)C(C)C. The van der Waals surface area contributed by atoms with E-state index in [1.54, 1.807) is 6.92 Å². The lowest BCUT2D eigenvalue weighted by atomic mass is 10.0. The lowest BCUT2D eigenvalue weighted by Gasteiger charge is -2.20. The van der Waals surface area contributed by atoms with Crippen LogP contribution >= 0.6 is 11.3 Å². The number of nitrogens with one attached hydrogen (secondary N) is 2. The quantitative estimate of drug-likeness (QED) is 0.606. The zero-order chi connectivity index (χ0) is 21.4. The van der Waals surface area contributed by atoms with Gasteiger partial charge in [0.1, 0.15) is 11.0 Å². The molecule has 0 unspecified atom stereocenters. The molecule has 8 nitrogen and oxygen atoms in total.